The molecule has 1 heterocycles. The van der Waals surface area contributed by atoms with E-state index < -0.39 is 0 Å². The van der Waals surface area contributed by atoms with Gasteiger partial charge in [-0.05, 0) is 25.5 Å². The van der Waals surface area contributed by atoms with E-state index in [0.29, 0.717) is 12.0 Å². The average molecular weight is 261 g/mol. The maximum Gasteiger partial charge on any atom is 0.201 e. The number of imidazole rings is 1. The fourth-order valence-electron chi connectivity index (χ4n) is 2.56. The summed E-state index contributed by atoms with van der Waals surface area (Å²) in [5.74, 6) is 1.35. The van der Waals surface area contributed by atoms with Gasteiger partial charge in [0.25, 0.3) is 0 Å². The Labute approximate surface area is 114 Å². The van der Waals surface area contributed by atoms with Crippen LogP contribution in [0, 0.1) is 0 Å². The number of hydrogen-bond acceptors (Lipinski definition) is 3. The molecule has 0 fully saturated rings. The van der Waals surface area contributed by atoms with Crippen LogP contribution in [0.25, 0.3) is 11.0 Å². The van der Waals surface area contributed by atoms with E-state index in [1.54, 1.807) is 7.11 Å². The number of hydrogen-bond donors (Lipinski definition) is 1. The molecule has 1 aromatic heterocycles. The van der Waals surface area contributed by atoms with Crippen molar-refractivity contribution in [1.82, 2.24) is 9.55 Å². The van der Waals surface area contributed by atoms with Gasteiger partial charge in [0.1, 0.15) is 11.3 Å². The van der Waals surface area contributed by atoms with Crippen molar-refractivity contribution in [3.05, 3.63) is 18.2 Å². The summed E-state index contributed by atoms with van der Waals surface area (Å²) in [6.45, 7) is 4.42. The molecule has 0 aliphatic rings. The zero-order valence-electron chi connectivity index (χ0n) is 12.0. The van der Waals surface area contributed by atoms with Gasteiger partial charge in [-0.25, -0.2) is 4.98 Å². The quantitative estimate of drug-likeness (QED) is 0.805. The molecule has 1 unspecified atom stereocenters. The van der Waals surface area contributed by atoms with Gasteiger partial charge in [0, 0.05) is 6.04 Å². The first kappa shape index (κ1) is 13.7. The van der Waals surface area contributed by atoms with Crippen molar-refractivity contribution in [2.75, 3.05) is 12.8 Å². The second-order valence-corrected chi connectivity index (χ2v) is 5.01. The maximum atomic E-state index is 6.08. The molecule has 0 aliphatic carbocycles. The van der Waals surface area contributed by atoms with Crippen molar-refractivity contribution in [1.29, 1.82) is 0 Å². The molecular weight excluding hydrogens is 238 g/mol. The SMILES string of the molecule is CCCCCC(C)n1c(N)nc2c(OC)cccc21. The molecule has 1 atom stereocenters. The number of nitrogen functional groups attached to an aromatic ring is 1. The van der Waals surface area contributed by atoms with Crippen LogP contribution in [-0.4, -0.2) is 16.7 Å². The Bertz CT molecular complexity index is 548. The molecule has 0 saturated heterocycles. The lowest BCUT2D eigenvalue weighted by Gasteiger charge is -2.15. The van der Waals surface area contributed by atoms with Gasteiger partial charge in [-0.2, -0.15) is 0 Å². The number of benzene rings is 1. The summed E-state index contributed by atoms with van der Waals surface area (Å²) in [6, 6.07) is 6.32. The number of para-hydroxylation sites is 1. The largest absolute Gasteiger partial charge is 0.494 e. The highest BCUT2D eigenvalue weighted by Crippen LogP contribution is 2.30. The zero-order chi connectivity index (χ0) is 13.8. The Morgan fingerprint density at radius 3 is 2.84 bits per heavy atom. The number of methoxy groups -OCH3 is 1. The molecule has 2 rings (SSSR count). The summed E-state index contributed by atoms with van der Waals surface area (Å²) in [5, 5.41) is 0. The van der Waals surface area contributed by atoms with Gasteiger partial charge < -0.3 is 15.0 Å². The van der Waals surface area contributed by atoms with E-state index in [4.69, 9.17) is 10.5 Å². The number of anilines is 1. The van der Waals surface area contributed by atoms with Gasteiger partial charge in [0.05, 0.1) is 12.6 Å². The van der Waals surface area contributed by atoms with Crippen molar-refractivity contribution >= 4 is 17.0 Å². The molecule has 0 bridgehead atoms. The van der Waals surface area contributed by atoms with Gasteiger partial charge in [-0.15, -0.1) is 0 Å². The lowest BCUT2D eigenvalue weighted by molar-refractivity contribution is 0.419. The molecule has 0 spiro atoms. The van der Waals surface area contributed by atoms with E-state index in [1.807, 2.05) is 12.1 Å². The first-order valence-electron chi connectivity index (χ1n) is 6.99. The van der Waals surface area contributed by atoms with Gasteiger partial charge in [0.2, 0.25) is 5.95 Å². The molecule has 104 valence electrons. The van der Waals surface area contributed by atoms with Crippen LogP contribution in [0.4, 0.5) is 5.95 Å². The minimum atomic E-state index is 0.364. The molecule has 4 nitrogen and oxygen atoms in total. The number of nitrogens with zero attached hydrogens (tertiary/aromatic N) is 2. The van der Waals surface area contributed by atoms with Crippen molar-refractivity contribution in [2.45, 2.75) is 45.6 Å². The Morgan fingerprint density at radius 1 is 1.37 bits per heavy atom. The number of rotatable bonds is 6. The third-order valence-electron chi connectivity index (χ3n) is 3.60. The molecule has 2 aromatic rings. The normalized spacial score (nSPS) is 12.8. The smallest absolute Gasteiger partial charge is 0.201 e. The summed E-state index contributed by atoms with van der Waals surface area (Å²) >= 11 is 0. The van der Waals surface area contributed by atoms with Crippen LogP contribution < -0.4 is 10.5 Å². The van der Waals surface area contributed by atoms with Gasteiger partial charge in [0.15, 0.2) is 0 Å². The van der Waals surface area contributed by atoms with E-state index in [1.165, 1.54) is 19.3 Å². The third-order valence-corrected chi connectivity index (χ3v) is 3.60. The number of unbranched alkanes of at least 4 members (excludes halogenated alkanes) is 2. The summed E-state index contributed by atoms with van der Waals surface area (Å²) in [7, 11) is 1.66. The topological polar surface area (TPSA) is 53.1 Å². The van der Waals surface area contributed by atoms with Crippen LogP contribution >= 0.6 is 0 Å². The minimum absolute atomic E-state index is 0.364. The summed E-state index contributed by atoms with van der Waals surface area (Å²) in [5.41, 5.74) is 7.99. The fourth-order valence-corrected chi connectivity index (χ4v) is 2.56. The fraction of sp³-hybridized carbons (Fsp3) is 0.533. The standard InChI is InChI=1S/C15H23N3O/c1-4-5-6-8-11(2)18-12-9-7-10-13(19-3)14(12)17-15(18)16/h7,9-11H,4-6,8H2,1-3H3,(H2,16,17). The second-order valence-electron chi connectivity index (χ2n) is 5.01. The molecule has 4 heteroatoms. The van der Waals surface area contributed by atoms with Crippen molar-refractivity contribution in [2.24, 2.45) is 0 Å². The van der Waals surface area contributed by atoms with Gasteiger partial charge in [-0.3, -0.25) is 0 Å². The van der Waals surface area contributed by atoms with Gasteiger partial charge >= 0.3 is 0 Å². The predicted octanol–water partition coefficient (Wildman–Crippen LogP) is 3.77. The van der Waals surface area contributed by atoms with E-state index in [2.05, 4.69) is 29.5 Å². The molecule has 0 saturated carbocycles. The number of ether oxygens (including phenoxy) is 1. The Morgan fingerprint density at radius 2 is 2.16 bits per heavy atom. The third kappa shape index (κ3) is 2.67. The Hall–Kier alpha value is -1.71. The molecule has 2 N–H and O–H groups in total. The van der Waals surface area contributed by atoms with Crippen LogP contribution in [0.15, 0.2) is 18.2 Å². The minimum Gasteiger partial charge on any atom is -0.494 e. The lowest BCUT2D eigenvalue weighted by Crippen LogP contribution is -2.08. The predicted molar refractivity (Wildman–Crippen MR) is 79.6 cm³/mol. The molecule has 1 aromatic carbocycles. The number of aromatic nitrogens is 2. The lowest BCUT2D eigenvalue weighted by atomic mass is 10.1. The van der Waals surface area contributed by atoms with Crippen LogP contribution in [-0.2, 0) is 0 Å². The average Bonchev–Trinajstić information content (AvgIpc) is 2.74. The highest BCUT2D eigenvalue weighted by molar-refractivity contribution is 5.84. The molecule has 0 amide bonds. The first-order chi connectivity index (χ1) is 9.19. The Kier molecular flexibility index (Phi) is 4.30. The van der Waals surface area contributed by atoms with Crippen LogP contribution in [0.5, 0.6) is 5.75 Å². The summed E-state index contributed by atoms with van der Waals surface area (Å²) in [6.07, 6.45) is 4.85. The molecule has 0 aliphatic heterocycles. The maximum absolute atomic E-state index is 6.08. The zero-order valence-corrected chi connectivity index (χ0v) is 12.0. The van der Waals surface area contributed by atoms with Crippen LogP contribution in [0.1, 0.15) is 45.6 Å². The van der Waals surface area contributed by atoms with Crippen LogP contribution in [0.2, 0.25) is 0 Å². The number of nitrogens with two attached hydrogens (primary N) is 1. The van der Waals surface area contributed by atoms with E-state index >= 15 is 0 Å². The van der Waals surface area contributed by atoms with Crippen LogP contribution in [0.3, 0.4) is 0 Å². The highest BCUT2D eigenvalue weighted by Gasteiger charge is 2.16. The molecule has 0 radical (unpaired) electrons. The van der Waals surface area contributed by atoms with E-state index in [0.717, 1.165) is 23.2 Å². The summed E-state index contributed by atoms with van der Waals surface area (Å²) in [4.78, 5) is 4.45. The van der Waals surface area contributed by atoms with E-state index in [-0.39, 0.29) is 0 Å². The first-order valence-corrected chi connectivity index (χ1v) is 6.99. The van der Waals surface area contributed by atoms with Crippen molar-refractivity contribution in [3.8, 4) is 5.75 Å². The monoisotopic (exact) mass is 261 g/mol. The highest BCUT2D eigenvalue weighted by atomic mass is 16.5. The number of fused-ring (bicyclic) bond motifs is 1. The molecule has 19 heavy (non-hydrogen) atoms. The van der Waals surface area contributed by atoms with Crippen molar-refractivity contribution < 1.29 is 4.74 Å². The Balaban J connectivity index is 2.34. The van der Waals surface area contributed by atoms with E-state index in [9.17, 15) is 0 Å². The second kappa shape index (κ2) is 5.95. The molecular formula is C15H23N3O. The van der Waals surface area contributed by atoms with Gasteiger partial charge in [-0.1, -0.05) is 32.3 Å². The summed E-state index contributed by atoms with van der Waals surface area (Å²) < 4.78 is 7.46. The van der Waals surface area contributed by atoms with Crippen molar-refractivity contribution in [3.63, 3.8) is 0 Å².